The van der Waals surface area contributed by atoms with Crippen molar-refractivity contribution in [1.29, 1.82) is 0 Å². The van der Waals surface area contributed by atoms with Gasteiger partial charge in [0.15, 0.2) is 0 Å². The molecule has 1 saturated carbocycles. The monoisotopic (exact) mass is 628 g/mol. The average Bonchev–Trinajstić information content (AvgIpc) is 3.30. The fraction of sp³-hybridized carbons (Fsp3) is 0.194. The van der Waals surface area contributed by atoms with Crippen LogP contribution >= 0.6 is 34.2 Å². The van der Waals surface area contributed by atoms with Gasteiger partial charge in [0.05, 0.1) is 21.1 Å². The van der Waals surface area contributed by atoms with Crippen LogP contribution in [0.3, 0.4) is 0 Å². The summed E-state index contributed by atoms with van der Waals surface area (Å²) >= 11 is 4.69. The van der Waals surface area contributed by atoms with Gasteiger partial charge in [0.25, 0.3) is 0 Å². The van der Waals surface area contributed by atoms with Crippen molar-refractivity contribution < 1.29 is 23.8 Å². The molecule has 1 atom stereocenters. The molecule has 9 nitrogen and oxygen atoms in total. The van der Waals surface area contributed by atoms with Crippen LogP contribution in [0.4, 0.5) is 10.5 Å². The van der Waals surface area contributed by atoms with Gasteiger partial charge >= 0.3 is 12.1 Å². The molecule has 4 heterocycles. The molecule has 0 aliphatic heterocycles. The minimum atomic E-state index is -1.02. The number of hydrogen-bond donors (Lipinski definition) is 2. The van der Waals surface area contributed by atoms with Crippen molar-refractivity contribution in [2.24, 2.45) is 0 Å². The number of nitrogens with zero attached hydrogens (tertiary/aromatic N) is 3. The summed E-state index contributed by atoms with van der Waals surface area (Å²) in [5.41, 5.74) is 3.10. The number of carbonyl (C=O) groups is 2. The van der Waals surface area contributed by atoms with Crippen LogP contribution < -0.4 is 5.32 Å². The maximum atomic E-state index is 12.8. The third-order valence-corrected chi connectivity index (χ3v) is 10.9. The highest BCUT2D eigenvalue weighted by Gasteiger charge is 2.56. The Kier molecular flexibility index (Phi) is 6.83. The Morgan fingerprint density at radius 3 is 2.35 bits per heavy atom. The van der Waals surface area contributed by atoms with Crippen molar-refractivity contribution in [1.82, 2.24) is 14.6 Å². The lowest BCUT2D eigenvalue weighted by Crippen LogP contribution is -2.19. The molecular weight excluding hydrogens is 605 g/mol. The number of benzene rings is 2. The van der Waals surface area contributed by atoms with Gasteiger partial charge < -0.3 is 14.3 Å². The fourth-order valence-electron chi connectivity index (χ4n) is 4.81. The normalized spacial score (nSPS) is 14.5. The number of amides is 1. The summed E-state index contributed by atoms with van der Waals surface area (Å²) < 4.78 is 18.1. The Labute approximate surface area is 258 Å². The van der Waals surface area contributed by atoms with Gasteiger partial charge in [0, 0.05) is 19.8 Å². The highest BCUT2D eigenvalue weighted by atomic mass is 32.1. The summed E-state index contributed by atoms with van der Waals surface area (Å²) in [5, 5.41) is 20.5. The molecule has 12 heteroatoms. The molecule has 0 unspecified atom stereocenters. The van der Waals surface area contributed by atoms with Crippen molar-refractivity contribution in [3.63, 3.8) is 0 Å². The smallest absolute Gasteiger partial charge is 0.412 e. The molecule has 4 aromatic heterocycles. The van der Waals surface area contributed by atoms with E-state index in [2.05, 4.69) is 32.0 Å². The summed E-state index contributed by atoms with van der Waals surface area (Å²) in [4.78, 5) is 27.4. The summed E-state index contributed by atoms with van der Waals surface area (Å²) in [5.74, 6) is -0.442. The van der Waals surface area contributed by atoms with E-state index in [1.54, 1.807) is 22.7 Å². The Bertz CT molecular complexity index is 1940. The number of hydrogen-bond acceptors (Lipinski definition) is 10. The van der Waals surface area contributed by atoms with E-state index in [1.807, 2.05) is 68.4 Å². The van der Waals surface area contributed by atoms with Gasteiger partial charge in [0.2, 0.25) is 11.8 Å². The maximum absolute atomic E-state index is 12.8. The van der Waals surface area contributed by atoms with Crippen LogP contribution in [0, 0.1) is 6.92 Å². The SMILES string of the molecule is Cc1nsc(-c2cc3sc(-c4ccc(-c5nnc(C6(C(=O)O)CC6)o5)cc4)cc3s2)c1NC(=O)O[C@H](C)c1ccccc1. The Morgan fingerprint density at radius 1 is 0.977 bits per heavy atom. The van der Waals surface area contributed by atoms with Gasteiger partial charge in [-0.2, -0.15) is 4.37 Å². The second kappa shape index (κ2) is 10.7. The molecule has 7 rings (SSSR count). The summed E-state index contributed by atoms with van der Waals surface area (Å²) in [6.07, 6.45) is 0.130. The Morgan fingerprint density at radius 2 is 1.65 bits per heavy atom. The number of carboxylic acid groups (broad SMARTS) is 1. The van der Waals surface area contributed by atoms with Crippen molar-refractivity contribution in [3.05, 3.63) is 83.9 Å². The van der Waals surface area contributed by atoms with E-state index in [9.17, 15) is 14.7 Å². The van der Waals surface area contributed by atoms with Gasteiger partial charge in [-0.05, 0) is 73.6 Å². The molecule has 0 radical (unpaired) electrons. The molecule has 43 heavy (non-hydrogen) atoms. The molecule has 2 aromatic carbocycles. The third kappa shape index (κ3) is 5.11. The zero-order valence-corrected chi connectivity index (χ0v) is 25.4. The number of ether oxygens (including phenoxy) is 1. The lowest BCUT2D eigenvalue weighted by molar-refractivity contribution is -0.140. The van der Waals surface area contributed by atoms with Gasteiger partial charge in [-0.15, -0.1) is 32.9 Å². The number of aryl methyl sites for hydroxylation is 1. The second-order valence-corrected chi connectivity index (χ2v) is 13.3. The number of carboxylic acids is 1. The number of carbonyl (C=O) groups excluding carboxylic acids is 1. The minimum absolute atomic E-state index is 0.168. The summed E-state index contributed by atoms with van der Waals surface area (Å²) in [7, 11) is 0. The molecule has 1 aliphatic carbocycles. The molecule has 0 saturated heterocycles. The molecule has 0 bridgehead atoms. The molecular formula is C31H24N4O5S3. The van der Waals surface area contributed by atoms with Crippen molar-refractivity contribution in [2.75, 3.05) is 5.32 Å². The van der Waals surface area contributed by atoms with E-state index >= 15 is 0 Å². The Hall–Kier alpha value is -4.39. The largest absolute Gasteiger partial charge is 0.480 e. The van der Waals surface area contributed by atoms with E-state index < -0.39 is 17.5 Å². The fourth-order valence-corrected chi connectivity index (χ4v) is 8.16. The molecule has 216 valence electrons. The average molecular weight is 629 g/mol. The standard InChI is InChI=1S/C31H24N4O5S3/c1-16-25(32-30(38)39-17(2)18-6-4-3-5-7-18)26(43-35-16)24-15-23-22(42-24)14-21(41-23)19-8-10-20(11-9-19)27-33-34-28(40-27)31(12-13-31)29(36)37/h3-11,14-15,17H,12-13H2,1-2H3,(H,32,38)(H,36,37)/t17-/m1/s1. The third-order valence-electron chi connectivity index (χ3n) is 7.48. The number of anilines is 1. The van der Waals surface area contributed by atoms with Gasteiger partial charge in [-0.1, -0.05) is 42.5 Å². The molecule has 6 aromatic rings. The van der Waals surface area contributed by atoms with Crippen molar-refractivity contribution in [3.8, 4) is 31.6 Å². The summed E-state index contributed by atoms with van der Waals surface area (Å²) in [6, 6.07) is 21.7. The van der Waals surface area contributed by atoms with Crippen LogP contribution in [0.1, 0.15) is 43.0 Å². The molecule has 1 aliphatic rings. The first-order valence-corrected chi connectivity index (χ1v) is 15.9. The zero-order valence-electron chi connectivity index (χ0n) is 23.0. The highest BCUT2D eigenvalue weighted by Crippen LogP contribution is 2.48. The van der Waals surface area contributed by atoms with Crippen LogP contribution in [-0.4, -0.2) is 31.7 Å². The second-order valence-electron chi connectivity index (χ2n) is 10.4. The predicted octanol–water partition coefficient (Wildman–Crippen LogP) is 8.54. The lowest BCUT2D eigenvalue weighted by Gasteiger charge is -2.14. The molecule has 1 amide bonds. The number of aromatic nitrogens is 3. The van der Waals surface area contributed by atoms with Crippen LogP contribution in [0.15, 0.2) is 71.1 Å². The topological polar surface area (TPSA) is 127 Å². The van der Waals surface area contributed by atoms with E-state index in [1.165, 1.54) is 11.5 Å². The zero-order chi connectivity index (χ0) is 29.7. The number of fused-ring (bicyclic) bond motifs is 1. The number of nitrogens with one attached hydrogen (secondary N) is 1. The number of rotatable bonds is 8. The first-order chi connectivity index (χ1) is 20.8. The summed E-state index contributed by atoms with van der Waals surface area (Å²) in [6.45, 7) is 3.72. The maximum Gasteiger partial charge on any atom is 0.412 e. The number of aliphatic carboxylic acids is 1. The van der Waals surface area contributed by atoms with E-state index in [0.29, 0.717) is 24.4 Å². The van der Waals surface area contributed by atoms with Gasteiger partial charge in [-0.25, -0.2) is 4.79 Å². The van der Waals surface area contributed by atoms with Gasteiger partial charge in [-0.3, -0.25) is 10.1 Å². The minimum Gasteiger partial charge on any atom is -0.480 e. The van der Waals surface area contributed by atoms with Crippen LogP contribution in [-0.2, 0) is 14.9 Å². The van der Waals surface area contributed by atoms with E-state index in [-0.39, 0.29) is 12.0 Å². The number of thiophene rings is 2. The lowest BCUT2D eigenvalue weighted by atomic mass is 10.1. The molecule has 2 N–H and O–H groups in total. The first-order valence-electron chi connectivity index (χ1n) is 13.5. The van der Waals surface area contributed by atoms with Crippen LogP contribution in [0.25, 0.3) is 41.0 Å². The predicted molar refractivity (Wildman–Crippen MR) is 168 cm³/mol. The van der Waals surface area contributed by atoms with Crippen LogP contribution in [0.2, 0.25) is 0 Å². The first kappa shape index (κ1) is 27.4. The van der Waals surface area contributed by atoms with Gasteiger partial charge in [0.1, 0.15) is 11.5 Å². The highest BCUT2D eigenvalue weighted by molar-refractivity contribution is 7.32. The quantitative estimate of drug-likeness (QED) is 0.172. The van der Waals surface area contributed by atoms with Crippen molar-refractivity contribution in [2.45, 2.75) is 38.2 Å². The van der Waals surface area contributed by atoms with E-state index in [0.717, 1.165) is 46.4 Å². The van der Waals surface area contributed by atoms with E-state index in [4.69, 9.17) is 9.15 Å². The molecule has 0 spiro atoms. The van der Waals surface area contributed by atoms with Crippen LogP contribution in [0.5, 0.6) is 0 Å². The Balaban J connectivity index is 1.07. The molecule has 1 fully saturated rings. The van der Waals surface area contributed by atoms with Crippen molar-refractivity contribution >= 4 is 61.4 Å².